The van der Waals surface area contributed by atoms with E-state index >= 15 is 0 Å². The summed E-state index contributed by atoms with van der Waals surface area (Å²) in [6, 6.07) is 2.71. The maximum atomic E-state index is 11.8. The zero-order chi connectivity index (χ0) is 18.0. The number of carboxylic acids is 1. The van der Waals surface area contributed by atoms with Crippen molar-refractivity contribution in [3.63, 3.8) is 0 Å². The van der Waals surface area contributed by atoms with Gasteiger partial charge in [-0.25, -0.2) is 4.98 Å². The summed E-state index contributed by atoms with van der Waals surface area (Å²) in [5, 5.41) is 20.7. The molecule has 1 aromatic heterocycles. The minimum absolute atomic E-state index is 0.0766. The van der Waals surface area contributed by atoms with E-state index in [1.54, 1.807) is 0 Å². The van der Waals surface area contributed by atoms with Gasteiger partial charge >= 0.3 is 5.97 Å². The highest BCUT2D eigenvalue weighted by Gasteiger charge is 2.16. The van der Waals surface area contributed by atoms with Gasteiger partial charge in [0, 0.05) is 16.8 Å². The Morgan fingerprint density at radius 3 is 2.46 bits per heavy atom. The van der Waals surface area contributed by atoms with Gasteiger partial charge in [-0.15, -0.1) is 5.46 Å². The van der Waals surface area contributed by atoms with Crippen molar-refractivity contribution in [1.82, 2.24) is 10.3 Å². The number of hydrogen-bond acceptors (Lipinski definition) is 4. The molecule has 0 bridgehead atoms. The molecule has 10 heteroatoms. The molecule has 6 radical (unpaired) electrons. The minimum atomic E-state index is -1.22. The van der Waals surface area contributed by atoms with Crippen LogP contribution in [-0.2, 0) is 4.79 Å². The van der Waals surface area contributed by atoms with Crippen molar-refractivity contribution >= 4 is 63.4 Å². The predicted octanol–water partition coefficient (Wildman–Crippen LogP) is -1.70. The summed E-state index contributed by atoms with van der Waals surface area (Å²) in [6.45, 7) is -0.598. The quantitative estimate of drug-likeness (QED) is 0.579. The lowest BCUT2D eigenvalue weighted by Gasteiger charge is -2.15. The number of amides is 1. The van der Waals surface area contributed by atoms with E-state index in [9.17, 15) is 14.7 Å². The van der Waals surface area contributed by atoms with E-state index in [2.05, 4.69) is 10.3 Å². The third kappa shape index (κ3) is 3.56. The van der Waals surface area contributed by atoms with Crippen LogP contribution in [0.2, 0.25) is 5.02 Å². The fourth-order valence-electron chi connectivity index (χ4n) is 1.95. The molecule has 0 aliphatic heterocycles. The standard InChI is InChI=1S/C14H8B3ClN2O4/c15-7-2-6(10(16)12(18)11(7)17)5-1-8(21)13(19-3-5)14(24)20-4-9(22)23/h1-3,21H,4H2,(H,20,24)(H,22,23). The Morgan fingerprint density at radius 1 is 1.21 bits per heavy atom. The molecule has 3 N–H and O–H groups in total. The molecule has 24 heavy (non-hydrogen) atoms. The third-order valence-electron chi connectivity index (χ3n) is 3.17. The van der Waals surface area contributed by atoms with Crippen LogP contribution < -0.4 is 21.7 Å². The number of halogens is 1. The van der Waals surface area contributed by atoms with Crippen LogP contribution in [-0.4, -0.2) is 57.2 Å². The third-order valence-corrected chi connectivity index (χ3v) is 3.57. The molecule has 1 heterocycles. The van der Waals surface area contributed by atoms with Crippen molar-refractivity contribution < 1.29 is 19.8 Å². The van der Waals surface area contributed by atoms with Crippen LogP contribution in [0, 0.1) is 0 Å². The number of aromatic hydroxyl groups is 1. The molecule has 1 aromatic carbocycles. The van der Waals surface area contributed by atoms with Crippen LogP contribution in [0.5, 0.6) is 5.75 Å². The minimum Gasteiger partial charge on any atom is -0.505 e. The average Bonchev–Trinajstić information content (AvgIpc) is 2.53. The summed E-state index contributed by atoms with van der Waals surface area (Å²) in [4.78, 5) is 26.0. The number of carbonyl (C=O) groups is 2. The highest BCUT2D eigenvalue weighted by atomic mass is 35.5. The Bertz CT molecular complexity index is 845. The summed E-state index contributed by atoms with van der Waals surface area (Å²) in [5.41, 5.74) is 0.896. The maximum absolute atomic E-state index is 11.8. The zero-order valence-corrected chi connectivity index (χ0v) is 13.0. The molecular weight excluding hydrogens is 328 g/mol. The van der Waals surface area contributed by atoms with Crippen molar-refractivity contribution in [2.75, 3.05) is 6.54 Å². The van der Waals surface area contributed by atoms with Gasteiger partial charge in [0.25, 0.3) is 5.91 Å². The molecule has 1 amide bonds. The highest BCUT2D eigenvalue weighted by molar-refractivity contribution is 6.59. The number of carboxylic acid groups (broad SMARTS) is 1. The summed E-state index contributed by atoms with van der Waals surface area (Å²) >= 11 is 6.00. The second-order valence-corrected chi connectivity index (χ2v) is 5.20. The largest absolute Gasteiger partial charge is 0.505 e. The molecule has 6 nitrogen and oxygen atoms in total. The number of hydrogen-bond donors (Lipinski definition) is 3. The number of carbonyl (C=O) groups excluding carboxylic acids is 1. The van der Waals surface area contributed by atoms with Crippen LogP contribution in [0.15, 0.2) is 18.3 Å². The van der Waals surface area contributed by atoms with Crippen molar-refractivity contribution in [3.8, 4) is 16.9 Å². The smallest absolute Gasteiger partial charge is 0.322 e. The predicted molar refractivity (Wildman–Crippen MR) is 92.5 cm³/mol. The second-order valence-electron chi connectivity index (χ2n) is 4.82. The van der Waals surface area contributed by atoms with Crippen molar-refractivity contribution in [2.24, 2.45) is 0 Å². The molecule has 0 saturated heterocycles. The Balaban J connectivity index is 2.40. The van der Waals surface area contributed by atoms with E-state index in [-0.39, 0.29) is 27.1 Å². The van der Waals surface area contributed by atoms with E-state index in [4.69, 9.17) is 40.2 Å². The van der Waals surface area contributed by atoms with Crippen molar-refractivity contribution in [1.29, 1.82) is 0 Å². The number of aliphatic carboxylic acids is 1. The van der Waals surface area contributed by atoms with Gasteiger partial charge in [0.1, 0.15) is 35.8 Å². The number of rotatable bonds is 4. The molecule has 0 fully saturated rings. The lowest BCUT2D eigenvalue weighted by Crippen LogP contribution is -2.33. The first kappa shape index (κ1) is 17.9. The first-order chi connectivity index (χ1) is 11.2. The maximum Gasteiger partial charge on any atom is 0.322 e. The molecular formula is C14H8B3ClN2O4. The Morgan fingerprint density at radius 2 is 1.88 bits per heavy atom. The van der Waals surface area contributed by atoms with Crippen LogP contribution in [0.25, 0.3) is 11.1 Å². The number of benzene rings is 1. The topological polar surface area (TPSA) is 99.5 Å². The van der Waals surface area contributed by atoms with Crippen LogP contribution in [0.4, 0.5) is 0 Å². The summed E-state index contributed by atoms with van der Waals surface area (Å²) < 4.78 is 0. The van der Waals surface area contributed by atoms with Gasteiger partial charge in [-0.3, -0.25) is 9.59 Å². The number of pyridine rings is 1. The molecule has 114 valence electrons. The van der Waals surface area contributed by atoms with Crippen molar-refractivity contribution in [2.45, 2.75) is 0 Å². The lowest BCUT2D eigenvalue weighted by atomic mass is 9.74. The number of aromatic nitrogens is 1. The molecule has 2 rings (SSSR count). The molecule has 0 aliphatic rings. The van der Waals surface area contributed by atoms with E-state index in [0.29, 0.717) is 11.1 Å². The van der Waals surface area contributed by atoms with E-state index in [1.165, 1.54) is 18.3 Å². The van der Waals surface area contributed by atoms with Gasteiger partial charge in [-0.2, -0.15) is 0 Å². The lowest BCUT2D eigenvalue weighted by molar-refractivity contribution is -0.135. The normalized spacial score (nSPS) is 10.4. The van der Waals surface area contributed by atoms with Gasteiger partial charge in [-0.1, -0.05) is 28.6 Å². The average molecular weight is 336 g/mol. The van der Waals surface area contributed by atoms with Gasteiger partial charge < -0.3 is 15.5 Å². The molecule has 0 aliphatic carbocycles. The van der Waals surface area contributed by atoms with Crippen LogP contribution >= 0.6 is 11.6 Å². The Kier molecular flexibility index (Phi) is 5.24. The summed E-state index contributed by atoms with van der Waals surface area (Å²) in [7, 11) is 17.3. The van der Waals surface area contributed by atoms with Gasteiger partial charge in [-0.05, 0) is 11.6 Å². The van der Waals surface area contributed by atoms with Crippen LogP contribution in [0.1, 0.15) is 10.5 Å². The molecule has 0 atom stereocenters. The molecule has 0 saturated carbocycles. The van der Waals surface area contributed by atoms with E-state index < -0.39 is 24.2 Å². The summed E-state index contributed by atoms with van der Waals surface area (Å²) in [6.07, 6.45) is 1.27. The first-order valence-corrected chi connectivity index (χ1v) is 6.92. The summed E-state index contributed by atoms with van der Waals surface area (Å²) in [5.74, 6) is -2.51. The SMILES string of the molecule is [B]c1cc(-c2cnc(C(=O)NCC(=O)O)c(O)c2)c([B])c(Cl)c1[B]. The Hall–Kier alpha value is -2.41. The Labute approximate surface area is 146 Å². The van der Waals surface area contributed by atoms with Crippen LogP contribution in [0.3, 0.4) is 0 Å². The van der Waals surface area contributed by atoms with Gasteiger partial charge in [0.05, 0.1) is 0 Å². The fraction of sp³-hybridized carbons (Fsp3) is 0.0714. The van der Waals surface area contributed by atoms with Crippen molar-refractivity contribution in [3.05, 3.63) is 29.0 Å². The van der Waals surface area contributed by atoms with E-state index in [0.717, 1.165) is 0 Å². The highest BCUT2D eigenvalue weighted by Crippen LogP contribution is 2.24. The first-order valence-electron chi connectivity index (χ1n) is 6.54. The molecule has 2 aromatic rings. The zero-order valence-electron chi connectivity index (χ0n) is 12.2. The van der Waals surface area contributed by atoms with E-state index in [1.807, 2.05) is 0 Å². The number of nitrogens with one attached hydrogen (secondary N) is 1. The second kappa shape index (κ2) is 7.01. The number of nitrogens with zero attached hydrogens (tertiary/aromatic N) is 1. The fourth-order valence-corrected chi connectivity index (χ4v) is 2.17. The molecule has 0 spiro atoms. The monoisotopic (exact) mass is 336 g/mol. The van der Waals surface area contributed by atoms with Gasteiger partial charge in [0.15, 0.2) is 5.69 Å². The molecule has 0 unspecified atom stereocenters. The van der Waals surface area contributed by atoms with Gasteiger partial charge in [0.2, 0.25) is 0 Å².